The normalized spacial score (nSPS) is 22.1. The number of hydrogen-bond donors (Lipinski definition) is 2. The van der Waals surface area contributed by atoms with Crippen LogP contribution in [0.5, 0.6) is 0 Å². The Morgan fingerprint density at radius 2 is 2.23 bits per heavy atom. The minimum absolute atomic E-state index is 0.242. The number of quaternary nitrogens is 1. The van der Waals surface area contributed by atoms with Crippen LogP contribution in [-0.4, -0.2) is 24.8 Å². The molecule has 2 atom stereocenters. The van der Waals surface area contributed by atoms with Crippen LogP contribution in [0.15, 0.2) is 27.4 Å². The van der Waals surface area contributed by atoms with Crippen LogP contribution in [0.4, 0.5) is 0 Å². The average Bonchev–Trinajstić information content (AvgIpc) is 2.49. The van der Waals surface area contributed by atoms with Gasteiger partial charge >= 0.3 is 5.63 Å². The molecule has 0 spiro atoms. The number of rotatable bonds is 3. The highest BCUT2D eigenvalue weighted by atomic mass is 35.5. The molecule has 1 fully saturated rings. The second-order valence-corrected chi connectivity index (χ2v) is 6.67. The summed E-state index contributed by atoms with van der Waals surface area (Å²) >= 11 is 6.23. The van der Waals surface area contributed by atoms with Crippen molar-refractivity contribution in [3.05, 3.63) is 44.8 Å². The van der Waals surface area contributed by atoms with Gasteiger partial charge in [0.15, 0.2) is 0 Å². The lowest BCUT2D eigenvalue weighted by Gasteiger charge is -2.29. The van der Waals surface area contributed by atoms with E-state index in [0.29, 0.717) is 16.5 Å². The van der Waals surface area contributed by atoms with Crippen LogP contribution in [-0.2, 0) is 6.54 Å². The minimum Gasteiger partial charge on any atom is -0.423 e. The Kier molecular flexibility index (Phi) is 4.52. The van der Waals surface area contributed by atoms with Crippen LogP contribution < -0.4 is 10.5 Å². The molecule has 22 heavy (non-hydrogen) atoms. The van der Waals surface area contributed by atoms with Crippen LogP contribution in [0.3, 0.4) is 0 Å². The van der Waals surface area contributed by atoms with Crippen molar-refractivity contribution >= 4 is 22.6 Å². The van der Waals surface area contributed by atoms with Gasteiger partial charge in [0.25, 0.3) is 0 Å². The number of likely N-dealkylation sites (tertiary alicyclic amines) is 1. The maximum Gasteiger partial charge on any atom is 0.336 e. The Morgan fingerprint density at radius 3 is 3.00 bits per heavy atom. The first-order valence-corrected chi connectivity index (χ1v) is 8.12. The third-order valence-electron chi connectivity index (χ3n) is 4.53. The highest BCUT2D eigenvalue weighted by molar-refractivity contribution is 6.32. The number of aliphatic hydroxyl groups is 1. The predicted octanol–water partition coefficient (Wildman–Crippen LogP) is 1.54. The van der Waals surface area contributed by atoms with Crippen LogP contribution in [0.1, 0.15) is 24.0 Å². The molecule has 3 rings (SSSR count). The van der Waals surface area contributed by atoms with Gasteiger partial charge < -0.3 is 14.4 Å². The summed E-state index contributed by atoms with van der Waals surface area (Å²) in [6.07, 6.45) is 2.20. The van der Waals surface area contributed by atoms with Gasteiger partial charge in [-0.05, 0) is 37.5 Å². The van der Waals surface area contributed by atoms with E-state index < -0.39 is 0 Å². The zero-order chi connectivity index (χ0) is 15.7. The topological polar surface area (TPSA) is 54.9 Å². The first-order valence-electron chi connectivity index (χ1n) is 7.74. The van der Waals surface area contributed by atoms with Gasteiger partial charge in [0.05, 0.1) is 19.7 Å². The molecular weight excluding hydrogens is 302 g/mol. The lowest BCUT2D eigenvalue weighted by molar-refractivity contribution is -0.922. The molecule has 1 saturated heterocycles. The lowest BCUT2D eigenvalue weighted by Crippen LogP contribution is -3.12. The van der Waals surface area contributed by atoms with Crippen LogP contribution in [0.25, 0.3) is 11.0 Å². The molecule has 0 saturated carbocycles. The van der Waals surface area contributed by atoms with Crippen LogP contribution in [0, 0.1) is 12.8 Å². The molecular formula is C17H21ClNO3+. The van der Waals surface area contributed by atoms with E-state index in [9.17, 15) is 9.90 Å². The summed E-state index contributed by atoms with van der Waals surface area (Å²) in [5.41, 5.74) is 2.15. The molecule has 1 aliphatic heterocycles. The quantitative estimate of drug-likeness (QED) is 0.843. The summed E-state index contributed by atoms with van der Waals surface area (Å²) in [6, 6.07) is 5.28. The summed E-state index contributed by atoms with van der Waals surface area (Å²) in [5, 5.41) is 11.0. The van der Waals surface area contributed by atoms with Gasteiger partial charge in [-0.15, -0.1) is 0 Å². The maximum absolute atomic E-state index is 11.8. The number of piperidine rings is 1. The molecule has 2 N–H and O–H groups in total. The SMILES string of the molecule is Cc1cc2oc(=O)cc(C[NH+]3CCC[C@H](CO)C3)c2cc1Cl. The van der Waals surface area contributed by atoms with E-state index in [0.717, 1.165) is 49.0 Å². The Labute approximate surface area is 134 Å². The second kappa shape index (κ2) is 6.41. The minimum atomic E-state index is -0.320. The number of nitrogens with one attached hydrogen (secondary N) is 1. The molecule has 2 aromatic rings. The number of fused-ring (bicyclic) bond motifs is 1. The number of aryl methyl sites for hydroxylation is 1. The molecule has 118 valence electrons. The highest BCUT2D eigenvalue weighted by Crippen LogP contribution is 2.25. The fourth-order valence-corrected chi connectivity index (χ4v) is 3.50. The van der Waals surface area contributed by atoms with Gasteiger partial charge in [-0.3, -0.25) is 0 Å². The first-order chi connectivity index (χ1) is 10.6. The summed E-state index contributed by atoms with van der Waals surface area (Å²) in [5.74, 6) is 0.362. The monoisotopic (exact) mass is 322 g/mol. The van der Waals surface area contributed by atoms with Gasteiger partial charge in [-0.25, -0.2) is 4.79 Å². The third kappa shape index (κ3) is 3.19. The standard InChI is InChI=1S/C17H20ClNO3/c1-11-5-16-14(7-15(11)18)13(6-17(21)22-16)9-19-4-2-3-12(8-19)10-20/h5-7,12,20H,2-4,8-10H2,1H3/p+1/t12-/m0/s1. The Bertz CT molecular complexity index is 740. The van der Waals surface area contributed by atoms with Gasteiger partial charge in [-0.1, -0.05) is 11.6 Å². The van der Waals surface area contributed by atoms with E-state index in [1.807, 2.05) is 19.1 Å². The van der Waals surface area contributed by atoms with Crippen LogP contribution in [0.2, 0.25) is 5.02 Å². The molecule has 1 aromatic carbocycles. The fourth-order valence-electron chi connectivity index (χ4n) is 3.33. The van der Waals surface area contributed by atoms with E-state index in [4.69, 9.17) is 16.0 Å². The van der Waals surface area contributed by atoms with Crippen molar-refractivity contribution < 1.29 is 14.4 Å². The zero-order valence-corrected chi connectivity index (χ0v) is 13.4. The van der Waals surface area contributed by atoms with Crippen molar-refractivity contribution in [2.24, 2.45) is 5.92 Å². The summed E-state index contributed by atoms with van der Waals surface area (Å²) < 4.78 is 5.31. The molecule has 1 unspecified atom stereocenters. The number of hydrogen-bond acceptors (Lipinski definition) is 3. The molecule has 0 radical (unpaired) electrons. The van der Waals surface area contributed by atoms with E-state index in [2.05, 4.69) is 0 Å². The smallest absolute Gasteiger partial charge is 0.336 e. The fraction of sp³-hybridized carbons (Fsp3) is 0.471. The number of benzene rings is 1. The van der Waals surface area contributed by atoms with Crippen molar-refractivity contribution in [2.75, 3.05) is 19.7 Å². The molecule has 0 amide bonds. The Morgan fingerprint density at radius 1 is 1.41 bits per heavy atom. The van der Waals surface area contributed by atoms with Crippen molar-refractivity contribution in [3.63, 3.8) is 0 Å². The molecule has 0 bridgehead atoms. The van der Waals surface area contributed by atoms with Crippen molar-refractivity contribution in [1.82, 2.24) is 0 Å². The van der Waals surface area contributed by atoms with E-state index in [1.54, 1.807) is 6.07 Å². The molecule has 1 aromatic heterocycles. The molecule has 1 aliphatic rings. The highest BCUT2D eigenvalue weighted by Gasteiger charge is 2.23. The maximum atomic E-state index is 11.8. The van der Waals surface area contributed by atoms with Gasteiger partial charge in [0, 0.05) is 28.0 Å². The third-order valence-corrected chi connectivity index (χ3v) is 4.94. The van der Waals surface area contributed by atoms with Gasteiger partial charge in [-0.2, -0.15) is 0 Å². The number of aliphatic hydroxyl groups excluding tert-OH is 1. The van der Waals surface area contributed by atoms with Crippen molar-refractivity contribution in [3.8, 4) is 0 Å². The zero-order valence-electron chi connectivity index (χ0n) is 12.7. The Hall–Kier alpha value is -1.36. The molecule has 2 heterocycles. The lowest BCUT2D eigenvalue weighted by atomic mass is 9.98. The van der Waals surface area contributed by atoms with E-state index in [1.165, 1.54) is 4.90 Å². The van der Waals surface area contributed by atoms with E-state index in [-0.39, 0.29) is 12.2 Å². The van der Waals surface area contributed by atoms with Crippen molar-refractivity contribution in [1.29, 1.82) is 0 Å². The number of halogens is 1. The van der Waals surface area contributed by atoms with E-state index >= 15 is 0 Å². The molecule has 5 heteroatoms. The summed E-state index contributed by atoms with van der Waals surface area (Å²) in [4.78, 5) is 13.2. The molecule has 0 aliphatic carbocycles. The predicted molar refractivity (Wildman–Crippen MR) is 86.4 cm³/mol. The van der Waals surface area contributed by atoms with Crippen LogP contribution >= 0.6 is 11.6 Å². The molecule has 4 nitrogen and oxygen atoms in total. The summed E-state index contributed by atoms with van der Waals surface area (Å²) in [7, 11) is 0. The Balaban J connectivity index is 1.96. The summed E-state index contributed by atoms with van der Waals surface area (Å²) in [6.45, 7) is 4.91. The van der Waals surface area contributed by atoms with Gasteiger partial charge in [0.2, 0.25) is 0 Å². The van der Waals surface area contributed by atoms with Crippen molar-refractivity contribution in [2.45, 2.75) is 26.3 Å². The van der Waals surface area contributed by atoms with Gasteiger partial charge in [0.1, 0.15) is 12.1 Å². The largest absolute Gasteiger partial charge is 0.423 e. The second-order valence-electron chi connectivity index (χ2n) is 6.26. The average molecular weight is 323 g/mol. The first kappa shape index (κ1) is 15.5.